The van der Waals surface area contributed by atoms with Crippen LogP contribution >= 0.6 is 11.6 Å². The summed E-state index contributed by atoms with van der Waals surface area (Å²) in [7, 11) is 0. The Morgan fingerprint density at radius 1 is 1.42 bits per heavy atom. The van der Waals surface area contributed by atoms with Crippen molar-refractivity contribution >= 4 is 17.7 Å². The van der Waals surface area contributed by atoms with Crippen LogP contribution < -0.4 is 0 Å². The van der Waals surface area contributed by atoms with Crippen molar-refractivity contribution in [2.45, 2.75) is 13.8 Å². The highest BCUT2D eigenvalue weighted by molar-refractivity contribution is 6.32. The van der Waals surface area contributed by atoms with Crippen LogP contribution in [0.4, 0.5) is 0 Å². The Kier molecular flexibility index (Phi) is 2.77. The molecule has 1 aromatic rings. The number of phenols is 1. The zero-order chi connectivity index (χ0) is 9.14. The number of benzene rings is 1. The SMILES string of the molecule is C/C=C/c1c(C)ccc(Cl)c1O. The molecule has 1 rings (SSSR count). The van der Waals surface area contributed by atoms with E-state index in [9.17, 15) is 5.11 Å². The van der Waals surface area contributed by atoms with E-state index < -0.39 is 0 Å². The number of hydrogen-bond donors (Lipinski definition) is 1. The monoisotopic (exact) mass is 182 g/mol. The molecule has 0 aliphatic carbocycles. The first-order valence-corrected chi connectivity index (χ1v) is 4.15. The zero-order valence-corrected chi connectivity index (χ0v) is 7.89. The first kappa shape index (κ1) is 9.14. The van der Waals surface area contributed by atoms with Crippen LogP contribution in [0.3, 0.4) is 0 Å². The fourth-order valence-corrected chi connectivity index (χ4v) is 1.22. The van der Waals surface area contributed by atoms with Crippen LogP contribution in [0.2, 0.25) is 5.02 Å². The van der Waals surface area contributed by atoms with E-state index in [0.29, 0.717) is 5.02 Å². The molecular weight excluding hydrogens is 172 g/mol. The fourth-order valence-electron chi connectivity index (χ4n) is 1.06. The van der Waals surface area contributed by atoms with Crippen molar-refractivity contribution in [2.75, 3.05) is 0 Å². The summed E-state index contributed by atoms with van der Waals surface area (Å²) in [5.41, 5.74) is 1.82. The van der Waals surface area contributed by atoms with Crippen LogP contribution in [0, 0.1) is 6.92 Å². The number of halogens is 1. The van der Waals surface area contributed by atoms with Gasteiger partial charge in [-0.2, -0.15) is 0 Å². The van der Waals surface area contributed by atoms with Crippen LogP contribution in [0.15, 0.2) is 18.2 Å². The first-order valence-electron chi connectivity index (χ1n) is 3.77. The molecule has 0 aliphatic heterocycles. The normalized spacial score (nSPS) is 10.9. The van der Waals surface area contributed by atoms with E-state index in [1.165, 1.54) is 0 Å². The maximum atomic E-state index is 9.53. The molecule has 0 radical (unpaired) electrons. The lowest BCUT2D eigenvalue weighted by Crippen LogP contribution is -1.81. The molecule has 0 saturated heterocycles. The summed E-state index contributed by atoms with van der Waals surface area (Å²) in [5, 5.41) is 9.92. The van der Waals surface area contributed by atoms with E-state index in [0.717, 1.165) is 11.1 Å². The highest BCUT2D eigenvalue weighted by atomic mass is 35.5. The Balaban J connectivity index is 3.32. The van der Waals surface area contributed by atoms with Gasteiger partial charge in [-0.1, -0.05) is 29.8 Å². The zero-order valence-electron chi connectivity index (χ0n) is 7.13. The third-order valence-corrected chi connectivity index (χ3v) is 2.02. The van der Waals surface area contributed by atoms with Gasteiger partial charge in [0, 0.05) is 5.56 Å². The topological polar surface area (TPSA) is 20.2 Å². The van der Waals surface area contributed by atoms with E-state index in [1.54, 1.807) is 6.07 Å². The average molecular weight is 183 g/mol. The predicted molar refractivity (Wildman–Crippen MR) is 52.6 cm³/mol. The van der Waals surface area contributed by atoms with Gasteiger partial charge in [-0.05, 0) is 25.5 Å². The molecule has 12 heavy (non-hydrogen) atoms. The Labute approximate surface area is 77.3 Å². The second kappa shape index (κ2) is 3.63. The summed E-state index contributed by atoms with van der Waals surface area (Å²) in [6.07, 6.45) is 3.72. The third-order valence-electron chi connectivity index (χ3n) is 1.72. The maximum absolute atomic E-state index is 9.53. The lowest BCUT2D eigenvalue weighted by atomic mass is 10.1. The quantitative estimate of drug-likeness (QED) is 0.706. The summed E-state index contributed by atoms with van der Waals surface area (Å²) in [6.45, 7) is 3.84. The van der Waals surface area contributed by atoms with Gasteiger partial charge in [0.1, 0.15) is 5.75 Å². The highest BCUT2D eigenvalue weighted by Gasteiger charge is 2.04. The largest absolute Gasteiger partial charge is 0.506 e. The predicted octanol–water partition coefficient (Wildman–Crippen LogP) is 3.39. The Morgan fingerprint density at radius 3 is 2.67 bits per heavy atom. The number of hydrogen-bond acceptors (Lipinski definition) is 1. The van der Waals surface area contributed by atoms with Gasteiger partial charge in [0.2, 0.25) is 0 Å². The Bertz CT molecular complexity index is 316. The van der Waals surface area contributed by atoms with Gasteiger partial charge in [0.15, 0.2) is 0 Å². The second-order valence-electron chi connectivity index (χ2n) is 2.63. The van der Waals surface area contributed by atoms with Crippen molar-refractivity contribution in [3.8, 4) is 5.75 Å². The van der Waals surface area contributed by atoms with Gasteiger partial charge in [-0.15, -0.1) is 0 Å². The maximum Gasteiger partial charge on any atom is 0.141 e. The van der Waals surface area contributed by atoms with E-state index in [-0.39, 0.29) is 5.75 Å². The van der Waals surface area contributed by atoms with E-state index in [1.807, 2.05) is 32.1 Å². The molecule has 0 aromatic heterocycles. The summed E-state index contributed by atoms with van der Waals surface area (Å²) in [4.78, 5) is 0. The minimum absolute atomic E-state index is 0.162. The van der Waals surface area contributed by atoms with Crippen LogP contribution in [0.25, 0.3) is 6.08 Å². The number of phenolic OH excluding ortho intramolecular Hbond substituents is 1. The molecule has 0 aliphatic rings. The third kappa shape index (κ3) is 1.62. The summed E-state index contributed by atoms with van der Waals surface area (Å²) in [5.74, 6) is 0.162. The molecule has 0 saturated carbocycles. The minimum atomic E-state index is 0.162. The molecular formula is C10H11ClO. The molecule has 64 valence electrons. The van der Waals surface area contributed by atoms with Crippen LogP contribution in [-0.4, -0.2) is 5.11 Å². The van der Waals surface area contributed by atoms with E-state index >= 15 is 0 Å². The lowest BCUT2D eigenvalue weighted by molar-refractivity contribution is 0.474. The molecule has 2 heteroatoms. The van der Waals surface area contributed by atoms with Crippen molar-refractivity contribution in [3.63, 3.8) is 0 Å². The molecule has 1 aromatic carbocycles. The standard InChI is InChI=1S/C10H11ClO/c1-3-4-8-7(2)5-6-9(11)10(8)12/h3-6,12H,1-2H3/b4-3+. The van der Waals surface area contributed by atoms with Gasteiger partial charge in [-0.25, -0.2) is 0 Å². The van der Waals surface area contributed by atoms with Crippen molar-refractivity contribution < 1.29 is 5.11 Å². The van der Waals surface area contributed by atoms with Crippen molar-refractivity contribution in [3.05, 3.63) is 34.4 Å². The molecule has 0 unspecified atom stereocenters. The smallest absolute Gasteiger partial charge is 0.141 e. The highest BCUT2D eigenvalue weighted by Crippen LogP contribution is 2.30. The van der Waals surface area contributed by atoms with Crippen LogP contribution in [0.1, 0.15) is 18.1 Å². The number of aromatic hydroxyl groups is 1. The van der Waals surface area contributed by atoms with Gasteiger partial charge < -0.3 is 5.11 Å². The lowest BCUT2D eigenvalue weighted by Gasteiger charge is -2.04. The van der Waals surface area contributed by atoms with Crippen molar-refractivity contribution in [2.24, 2.45) is 0 Å². The average Bonchev–Trinajstić information content (AvgIpc) is 2.06. The summed E-state index contributed by atoms with van der Waals surface area (Å²) < 4.78 is 0. The fraction of sp³-hybridized carbons (Fsp3) is 0.200. The molecule has 1 nitrogen and oxygen atoms in total. The van der Waals surface area contributed by atoms with Crippen LogP contribution in [-0.2, 0) is 0 Å². The molecule has 0 spiro atoms. The first-order chi connectivity index (χ1) is 5.66. The van der Waals surface area contributed by atoms with Gasteiger partial charge >= 0.3 is 0 Å². The number of allylic oxidation sites excluding steroid dienone is 1. The molecule has 1 N–H and O–H groups in total. The van der Waals surface area contributed by atoms with Crippen molar-refractivity contribution in [1.82, 2.24) is 0 Å². The molecule has 0 fully saturated rings. The van der Waals surface area contributed by atoms with Crippen molar-refractivity contribution in [1.29, 1.82) is 0 Å². The molecule has 0 atom stereocenters. The van der Waals surface area contributed by atoms with Gasteiger partial charge in [0.25, 0.3) is 0 Å². The van der Waals surface area contributed by atoms with E-state index in [2.05, 4.69) is 0 Å². The molecule has 0 bridgehead atoms. The summed E-state index contributed by atoms with van der Waals surface area (Å²) in [6, 6.07) is 3.58. The summed E-state index contributed by atoms with van der Waals surface area (Å²) >= 11 is 5.74. The molecule has 0 amide bonds. The van der Waals surface area contributed by atoms with Crippen LogP contribution in [0.5, 0.6) is 5.75 Å². The number of rotatable bonds is 1. The Morgan fingerprint density at radius 2 is 2.08 bits per heavy atom. The number of aryl methyl sites for hydroxylation is 1. The van der Waals surface area contributed by atoms with Gasteiger partial charge in [0.05, 0.1) is 5.02 Å². The van der Waals surface area contributed by atoms with E-state index in [4.69, 9.17) is 11.6 Å². The minimum Gasteiger partial charge on any atom is -0.506 e. The Hall–Kier alpha value is -0.950. The second-order valence-corrected chi connectivity index (χ2v) is 3.03. The molecule has 0 heterocycles. The van der Waals surface area contributed by atoms with Gasteiger partial charge in [-0.3, -0.25) is 0 Å².